The van der Waals surface area contributed by atoms with Gasteiger partial charge in [0.25, 0.3) is 0 Å². The van der Waals surface area contributed by atoms with Crippen LogP contribution in [0.5, 0.6) is 0 Å². The lowest BCUT2D eigenvalue weighted by Crippen LogP contribution is -2.28. The van der Waals surface area contributed by atoms with E-state index in [4.69, 9.17) is 0 Å². The van der Waals surface area contributed by atoms with Gasteiger partial charge in [-0.15, -0.1) is 0 Å². The molecule has 118 valence electrons. The SMILES string of the molecule is Cc1ccc(S(=O)(=O)N(C)CCC(O)c2ccccc2)cc1. The van der Waals surface area contributed by atoms with Gasteiger partial charge in [0, 0.05) is 13.6 Å². The maximum Gasteiger partial charge on any atom is 0.242 e. The fourth-order valence-electron chi connectivity index (χ4n) is 2.16. The highest BCUT2D eigenvalue weighted by Gasteiger charge is 2.21. The van der Waals surface area contributed by atoms with Crippen LogP contribution in [0.4, 0.5) is 0 Å². The first-order valence-corrected chi connectivity index (χ1v) is 8.61. The van der Waals surface area contributed by atoms with E-state index in [0.717, 1.165) is 11.1 Å². The molecule has 0 aliphatic carbocycles. The van der Waals surface area contributed by atoms with Crippen molar-refractivity contribution in [2.75, 3.05) is 13.6 Å². The predicted molar refractivity (Wildman–Crippen MR) is 87.0 cm³/mol. The Kier molecular flexibility index (Phi) is 5.34. The van der Waals surface area contributed by atoms with Crippen molar-refractivity contribution in [1.29, 1.82) is 0 Å². The normalized spacial score (nSPS) is 13.3. The summed E-state index contributed by atoms with van der Waals surface area (Å²) >= 11 is 0. The number of aliphatic hydroxyl groups excluding tert-OH is 1. The van der Waals surface area contributed by atoms with Gasteiger partial charge in [-0.1, -0.05) is 48.0 Å². The first-order chi connectivity index (χ1) is 10.4. The van der Waals surface area contributed by atoms with Crippen LogP contribution in [0.2, 0.25) is 0 Å². The topological polar surface area (TPSA) is 57.6 Å². The first kappa shape index (κ1) is 16.7. The Morgan fingerprint density at radius 1 is 1.05 bits per heavy atom. The van der Waals surface area contributed by atoms with Crippen LogP contribution in [0.25, 0.3) is 0 Å². The highest BCUT2D eigenvalue weighted by atomic mass is 32.2. The summed E-state index contributed by atoms with van der Waals surface area (Å²) in [7, 11) is -1.98. The number of hydrogen-bond acceptors (Lipinski definition) is 3. The van der Waals surface area contributed by atoms with Crippen molar-refractivity contribution in [2.24, 2.45) is 0 Å². The summed E-state index contributed by atoms with van der Waals surface area (Å²) in [6, 6.07) is 16.0. The molecular formula is C17H21NO3S. The zero-order chi connectivity index (χ0) is 16.2. The smallest absolute Gasteiger partial charge is 0.242 e. The van der Waals surface area contributed by atoms with E-state index >= 15 is 0 Å². The van der Waals surface area contributed by atoms with Gasteiger partial charge >= 0.3 is 0 Å². The average molecular weight is 319 g/mol. The summed E-state index contributed by atoms with van der Waals surface area (Å²) in [4.78, 5) is 0.273. The molecule has 2 aromatic rings. The van der Waals surface area contributed by atoms with Crippen LogP contribution < -0.4 is 0 Å². The monoisotopic (exact) mass is 319 g/mol. The summed E-state index contributed by atoms with van der Waals surface area (Å²) < 4.78 is 26.2. The van der Waals surface area contributed by atoms with Gasteiger partial charge in [-0.05, 0) is 31.0 Å². The molecule has 1 unspecified atom stereocenters. The lowest BCUT2D eigenvalue weighted by molar-refractivity contribution is 0.160. The highest BCUT2D eigenvalue weighted by molar-refractivity contribution is 7.89. The van der Waals surface area contributed by atoms with E-state index in [9.17, 15) is 13.5 Å². The molecule has 0 fully saturated rings. The van der Waals surface area contributed by atoms with Gasteiger partial charge in [-0.2, -0.15) is 0 Å². The van der Waals surface area contributed by atoms with Gasteiger partial charge in [0.1, 0.15) is 0 Å². The van der Waals surface area contributed by atoms with Gasteiger partial charge in [0.05, 0.1) is 11.0 Å². The van der Waals surface area contributed by atoms with Gasteiger partial charge in [-0.3, -0.25) is 0 Å². The molecule has 0 saturated heterocycles. The Labute approximate surface area is 132 Å². The molecule has 0 bridgehead atoms. The minimum absolute atomic E-state index is 0.256. The third-order valence-electron chi connectivity index (χ3n) is 3.63. The first-order valence-electron chi connectivity index (χ1n) is 7.17. The second kappa shape index (κ2) is 7.05. The van der Waals surface area contributed by atoms with Crippen molar-refractivity contribution in [3.8, 4) is 0 Å². The van der Waals surface area contributed by atoms with Crippen molar-refractivity contribution in [1.82, 2.24) is 4.31 Å². The number of rotatable bonds is 6. The van der Waals surface area contributed by atoms with E-state index in [0.29, 0.717) is 6.42 Å². The van der Waals surface area contributed by atoms with Crippen molar-refractivity contribution in [3.05, 3.63) is 65.7 Å². The molecule has 4 nitrogen and oxygen atoms in total. The fraction of sp³-hybridized carbons (Fsp3) is 0.294. The second-order valence-electron chi connectivity index (χ2n) is 5.35. The minimum atomic E-state index is -3.51. The molecule has 1 atom stereocenters. The summed E-state index contributed by atoms with van der Waals surface area (Å²) in [5.41, 5.74) is 1.81. The highest BCUT2D eigenvalue weighted by Crippen LogP contribution is 2.19. The maximum absolute atomic E-state index is 12.4. The minimum Gasteiger partial charge on any atom is -0.388 e. The van der Waals surface area contributed by atoms with Crippen molar-refractivity contribution in [3.63, 3.8) is 0 Å². The molecule has 0 amide bonds. The number of hydrogen-bond donors (Lipinski definition) is 1. The standard InChI is InChI=1S/C17H21NO3S/c1-14-8-10-16(11-9-14)22(20,21)18(2)13-12-17(19)15-6-4-3-5-7-15/h3-11,17,19H,12-13H2,1-2H3. The molecule has 0 radical (unpaired) electrons. The van der Waals surface area contributed by atoms with E-state index in [1.165, 1.54) is 11.4 Å². The molecule has 2 rings (SSSR count). The third-order valence-corrected chi connectivity index (χ3v) is 5.50. The molecule has 5 heteroatoms. The average Bonchev–Trinajstić information content (AvgIpc) is 2.53. The van der Waals surface area contributed by atoms with Gasteiger partial charge in [0.15, 0.2) is 0 Å². The lowest BCUT2D eigenvalue weighted by Gasteiger charge is -2.19. The molecule has 1 N–H and O–H groups in total. The van der Waals surface area contributed by atoms with Crippen LogP contribution in [0.3, 0.4) is 0 Å². The number of sulfonamides is 1. The van der Waals surface area contributed by atoms with E-state index in [2.05, 4.69) is 0 Å². The second-order valence-corrected chi connectivity index (χ2v) is 7.40. The van der Waals surface area contributed by atoms with Gasteiger partial charge in [-0.25, -0.2) is 12.7 Å². The Hall–Kier alpha value is -1.69. The molecule has 0 aliphatic heterocycles. The zero-order valence-corrected chi connectivity index (χ0v) is 13.6. The van der Waals surface area contributed by atoms with Crippen molar-refractivity contribution in [2.45, 2.75) is 24.3 Å². The number of aryl methyl sites for hydroxylation is 1. The number of nitrogens with zero attached hydrogens (tertiary/aromatic N) is 1. The molecule has 0 aliphatic rings. The largest absolute Gasteiger partial charge is 0.388 e. The van der Waals surface area contributed by atoms with Crippen molar-refractivity contribution >= 4 is 10.0 Å². The molecule has 0 spiro atoms. The summed E-state index contributed by atoms with van der Waals surface area (Å²) in [5, 5.41) is 10.1. The van der Waals surface area contributed by atoms with E-state index < -0.39 is 16.1 Å². The molecule has 0 aromatic heterocycles. The Bertz CT molecular complexity index is 696. The summed E-state index contributed by atoms with van der Waals surface area (Å²) in [6.07, 6.45) is -0.317. The number of benzene rings is 2. The maximum atomic E-state index is 12.4. The molecule has 0 heterocycles. The van der Waals surface area contributed by atoms with E-state index in [1.54, 1.807) is 24.3 Å². The van der Waals surface area contributed by atoms with Crippen LogP contribution in [-0.4, -0.2) is 31.4 Å². The van der Waals surface area contributed by atoms with Crippen LogP contribution in [0.15, 0.2) is 59.5 Å². The van der Waals surface area contributed by atoms with Crippen LogP contribution in [-0.2, 0) is 10.0 Å². The van der Waals surface area contributed by atoms with E-state index in [-0.39, 0.29) is 11.4 Å². The van der Waals surface area contributed by atoms with Crippen molar-refractivity contribution < 1.29 is 13.5 Å². The number of aliphatic hydroxyl groups is 1. The lowest BCUT2D eigenvalue weighted by atomic mass is 10.1. The van der Waals surface area contributed by atoms with Gasteiger partial charge in [0.2, 0.25) is 10.0 Å². The van der Waals surface area contributed by atoms with Crippen LogP contribution in [0, 0.1) is 6.92 Å². The van der Waals surface area contributed by atoms with E-state index in [1.807, 2.05) is 37.3 Å². The molecule has 22 heavy (non-hydrogen) atoms. The quantitative estimate of drug-likeness (QED) is 0.890. The summed E-state index contributed by atoms with van der Waals surface area (Å²) in [5.74, 6) is 0. The third kappa shape index (κ3) is 3.94. The molecule has 0 saturated carbocycles. The molecule has 2 aromatic carbocycles. The Balaban J connectivity index is 2.02. The van der Waals surface area contributed by atoms with Crippen LogP contribution in [0.1, 0.15) is 23.7 Å². The summed E-state index contributed by atoms with van der Waals surface area (Å²) in [6.45, 7) is 2.17. The Morgan fingerprint density at radius 2 is 1.64 bits per heavy atom. The van der Waals surface area contributed by atoms with Crippen LogP contribution >= 0.6 is 0 Å². The predicted octanol–water partition coefficient (Wildman–Crippen LogP) is 2.74. The fourth-order valence-corrected chi connectivity index (χ4v) is 3.34. The van der Waals surface area contributed by atoms with Gasteiger partial charge < -0.3 is 5.11 Å². The Morgan fingerprint density at radius 3 is 2.23 bits per heavy atom. The zero-order valence-electron chi connectivity index (χ0n) is 12.8. The molecular weight excluding hydrogens is 298 g/mol.